The first-order chi connectivity index (χ1) is 15.0. The Morgan fingerprint density at radius 2 is 1.84 bits per heavy atom. The number of hydrogen-bond acceptors (Lipinski definition) is 7. The molecule has 0 spiro atoms. The molecule has 2 heterocycles. The summed E-state index contributed by atoms with van der Waals surface area (Å²) in [5, 5.41) is 3.98. The molecule has 31 heavy (non-hydrogen) atoms. The number of oxazole rings is 1. The summed E-state index contributed by atoms with van der Waals surface area (Å²) in [5.74, 6) is 0.738. The maximum Gasteiger partial charge on any atom is 0.420 e. The van der Waals surface area contributed by atoms with Gasteiger partial charge in [0.05, 0.1) is 17.0 Å². The first-order valence-electron chi connectivity index (χ1n) is 11.0. The molecule has 2 saturated carbocycles. The van der Waals surface area contributed by atoms with Crippen LogP contribution in [0.15, 0.2) is 36.8 Å². The Morgan fingerprint density at radius 1 is 1.06 bits per heavy atom. The summed E-state index contributed by atoms with van der Waals surface area (Å²) < 4.78 is 40.6. The Balaban J connectivity index is 1.38. The molecule has 9 nitrogen and oxygen atoms in total. The van der Waals surface area contributed by atoms with Crippen LogP contribution in [0.1, 0.15) is 75.4 Å². The third-order valence-corrected chi connectivity index (χ3v) is 7.88. The van der Waals surface area contributed by atoms with E-state index in [1.54, 1.807) is 6.07 Å². The van der Waals surface area contributed by atoms with Crippen LogP contribution in [0, 0.1) is 0 Å². The Labute approximate surface area is 179 Å². The lowest BCUT2D eigenvalue weighted by Gasteiger charge is -2.20. The molecular formula is C21H26N4O5S. The Hall–Kier alpha value is -2.46. The van der Waals surface area contributed by atoms with E-state index in [1.807, 2.05) is 0 Å². The van der Waals surface area contributed by atoms with Gasteiger partial charge < -0.3 is 8.94 Å². The molecule has 166 valence electrons. The molecule has 1 aromatic carbocycles. The molecule has 10 heteroatoms. The number of sulfonamides is 1. The van der Waals surface area contributed by atoms with E-state index in [2.05, 4.69) is 14.9 Å². The summed E-state index contributed by atoms with van der Waals surface area (Å²) in [6.07, 6.45) is 9.29. The molecule has 0 bridgehead atoms. The molecule has 0 unspecified atom stereocenters. The molecule has 0 saturated heterocycles. The quantitative estimate of drug-likeness (QED) is 0.577. The maximum absolute atomic E-state index is 12.9. The van der Waals surface area contributed by atoms with Crippen molar-refractivity contribution in [2.45, 2.75) is 81.2 Å². The minimum Gasteiger partial charge on any atom is -0.408 e. The van der Waals surface area contributed by atoms with Gasteiger partial charge in [0.25, 0.3) is 0 Å². The predicted octanol–water partition coefficient (Wildman–Crippen LogP) is 3.29. The van der Waals surface area contributed by atoms with Gasteiger partial charge in [-0.2, -0.15) is 4.98 Å². The number of rotatable bonds is 6. The SMILES string of the molecule is O=c1oc2cc(S(=O)(=O)NC3CCCCCC3)ccc2n1Cc1noc(C2CCC2)n1. The van der Waals surface area contributed by atoms with E-state index >= 15 is 0 Å². The van der Waals surface area contributed by atoms with Crippen molar-refractivity contribution in [3.63, 3.8) is 0 Å². The molecular weight excluding hydrogens is 420 g/mol. The lowest BCUT2D eigenvalue weighted by Crippen LogP contribution is -2.34. The van der Waals surface area contributed by atoms with Crippen molar-refractivity contribution in [1.82, 2.24) is 19.4 Å². The van der Waals surface area contributed by atoms with Crippen molar-refractivity contribution >= 4 is 21.1 Å². The van der Waals surface area contributed by atoms with Gasteiger partial charge in [0.1, 0.15) is 0 Å². The zero-order chi connectivity index (χ0) is 21.4. The number of benzene rings is 1. The van der Waals surface area contributed by atoms with Gasteiger partial charge in [-0.15, -0.1) is 0 Å². The molecule has 2 aliphatic carbocycles. The standard InChI is InChI=1S/C21H26N4O5S/c26-21-25(13-19-22-20(30-23-19)14-6-5-7-14)17-11-10-16(12-18(17)29-21)31(27,28)24-15-8-3-1-2-4-9-15/h10-12,14-15,24H,1-9,13H2. The van der Waals surface area contributed by atoms with Crippen molar-refractivity contribution in [3.8, 4) is 0 Å². The molecule has 0 amide bonds. The van der Waals surface area contributed by atoms with Crippen LogP contribution in [0.25, 0.3) is 11.1 Å². The van der Waals surface area contributed by atoms with Gasteiger partial charge in [-0.25, -0.2) is 17.9 Å². The highest BCUT2D eigenvalue weighted by Crippen LogP contribution is 2.35. The predicted molar refractivity (Wildman–Crippen MR) is 112 cm³/mol. The summed E-state index contributed by atoms with van der Waals surface area (Å²) in [6.45, 7) is 0.106. The van der Waals surface area contributed by atoms with Crippen LogP contribution in [0.5, 0.6) is 0 Å². The fourth-order valence-electron chi connectivity index (χ4n) is 4.34. The third-order valence-electron chi connectivity index (χ3n) is 6.36. The summed E-state index contributed by atoms with van der Waals surface area (Å²) >= 11 is 0. The Kier molecular flexibility index (Phi) is 5.43. The molecule has 0 radical (unpaired) electrons. The van der Waals surface area contributed by atoms with Crippen molar-refractivity contribution < 1.29 is 17.4 Å². The second-order valence-electron chi connectivity index (χ2n) is 8.57. The molecule has 2 fully saturated rings. The highest BCUT2D eigenvalue weighted by Gasteiger charge is 2.26. The van der Waals surface area contributed by atoms with Gasteiger partial charge in [-0.3, -0.25) is 4.57 Å². The fourth-order valence-corrected chi connectivity index (χ4v) is 5.66. The monoisotopic (exact) mass is 446 g/mol. The van der Waals surface area contributed by atoms with E-state index in [4.69, 9.17) is 8.94 Å². The second kappa shape index (κ2) is 8.23. The summed E-state index contributed by atoms with van der Waals surface area (Å²) in [7, 11) is -3.69. The van der Waals surface area contributed by atoms with E-state index in [0.717, 1.165) is 57.8 Å². The minimum atomic E-state index is -3.69. The minimum absolute atomic E-state index is 0.0529. The topological polar surface area (TPSA) is 120 Å². The zero-order valence-corrected chi connectivity index (χ0v) is 18.1. The Morgan fingerprint density at radius 3 is 2.55 bits per heavy atom. The van der Waals surface area contributed by atoms with Gasteiger partial charge in [0.2, 0.25) is 15.9 Å². The molecule has 3 aromatic rings. The molecule has 2 aromatic heterocycles. The smallest absolute Gasteiger partial charge is 0.408 e. The van der Waals surface area contributed by atoms with Crippen LogP contribution >= 0.6 is 0 Å². The van der Waals surface area contributed by atoms with Crippen LogP contribution in [0.3, 0.4) is 0 Å². The molecule has 1 N–H and O–H groups in total. The van der Waals surface area contributed by atoms with Crippen LogP contribution in [0.2, 0.25) is 0 Å². The van der Waals surface area contributed by atoms with E-state index < -0.39 is 15.8 Å². The van der Waals surface area contributed by atoms with Crippen molar-refractivity contribution in [3.05, 3.63) is 40.5 Å². The van der Waals surface area contributed by atoms with Gasteiger partial charge in [0.15, 0.2) is 11.4 Å². The van der Waals surface area contributed by atoms with Gasteiger partial charge in [-0.05, 0) is 37.8 Å². The first kappa shape index (κ1) is 20.4. The van der Waals surface area contributed by atoms with Crippen molar-refractivity contribution in [2.75, 3.05) is 0 Å². The fraction of sp³-hybridized carbons (Fsp3) is 0.571. The summed E-state index contributed by atoms with van der Waals surface area (Å²) in [6, 6.07) is 4.45. The van der Waals surface area contributed by atoms with E-state index in [9.17, 15) is 13.2 Å². The van der Waals surface area contributed by atoms with Gasteiger partial charge in [0, 0.05) is 18.0 Å². The van der Waals surface area contributed by atoms with Crippen LogP contribution in [0.4, 0.5) is 0 Å². The first-order valence-corrected chi connectivity index (χ1v) is 12.5. The number of hydrogen-bond donors (Lipinski definition) is 1. The summed E-state index contributed by atoms with van der Waals surface area (Å²) in [4.78, 5) is 16.9. The largest absolute Gasteiger partial charge is 0.420 e. The molecule has 0 atom stereocenters. The highest BCUT2D eigenvalue weighted by atomic mass is 32.2. The average molecular weight is 447 g/mol. The van der Waals surface area contributed by atoms with E-state index in [1.165, 1.54) is 16.7 Å². The molecule has 5 rings (SSSR count). The molecule has 0 aliphatic heterocycles. The summed E-state index contributed by atoms with van der Waals surface area (Å²) in [5.41, 5.74) is 0.713. The van der Waals surface area contributed by atoms with Gasteiger partial charge in [-0.1, -0.05) is 37.3 Å². The van der Waals surface area contributed by atoms with E-state index in [-0.39, 0.29) is 23.1 Å². The van der Waals surface area contributed by atoms with Crippen molar-refractivity contribution in [2.24, 2.45) is 0 Å². The second-order valence-corrected chi connectivity index (χ2v) is 10.3. The molecule has 2 aliphatic rings. The lowest BCUT2D eigenvalue weighted by atomic mass is 9.85. The normalized spacial score (nSPS) is 18.8. The van der Waals surface area contributed by atoms with E-state index in [0.29, 0.717) is 23.1 Å². The van der Waals surface area contributed by atoms with Crippen molar-refractivity contribution in [1.29, 1.82) is 0 Å². The van der Waals surface area contributed by atoms with Crippen LogP contribution in [-0.2, 0) is 16.6 Å². The average Bonchev–Trinajstić information content (AvgIpc) is 3.16. The van der Waals surface area contributed by atoms with Crippen LogP contribution in [-0.4, -0.2) is 29.2 Å². The number of aromatic nitrogens is 3. The lowest BCUT2D eigenvalue weighted by molar-refractivity contribution is 0.291. The zero-order valence-electron chi connectivity index (χ0n) is 17.2. The van der Waals surface area contributed by atoms with Gasteiger partial charge >= 0.3 is 5.76 Å². The van der Waals surface area contributed by atoms with Crippen LogP contribution < -0.4 is 10.5 Å². The maximum atomic E-state index is 12.9. The Bertz CT molecular complexity index is 1230. The third kappa shape index (κ3) is 4.18. The number of nitrogens with zero attached hydrogens (tertiary/aromatic N) is 3. The highest BCUT2D eigenvalue weighted by molar-refractivity contribution is 7.89. The number of fused-ring (bicyclic) bond motifs is 1. The number of nitrogens with one attached hydrogen (secondary N) is 1.